The van der Waals surface area contributed by atoms with E-state index in [1.807, 2.05) is 20.8 Å². The number of anilines is 2. The second-order valence-electron chi connectivity index (χ2n) is 8.03. The Hall–Kier alpha value is -2.83. The topological polar surface area (TPSA) is 78.8 Å². The van der Waals surface area contributed by atoms with Gasteiger partial charge in [-0.05, 0) is 45.2 Å². The van der Waals surface area contributed by atoms with Gasteiger partial charge in [0.05, 0.1) is 11.7 Å². The van der Waals surface area contributed by atoms with Crippen LogP contribution in [-0.4, -0.2) is 39.4 Å². The molecule has 1 aromatic carbocycles. The predicted octanol–water partition coefficient (Wildman–Crippen LogP) is 2.74. The molecular formula is C20H26N6O. The van der Waals surface area contributed by atoms with E-state index in [2.05, 4.69) is 49.5 Å². The molecule has 0 atom stereocenters. The molecule has 3 aromatic rings. The first-order chi connectivity index (χ1) is 12.9. The molecule has 7 heteroatoms. The molecule has 3 heterocycles. The van der Waals surface area contributed by atoms with E-state index in [1.54, 1.807) is 10.9 Å². The number of nitrogens with one attached hydrogen (secondary N) is 2. The summed E-state index contributed by atoms with van der Waals surface area (Å²) in [7, 11) is 0. The van der Waals surface area contributed by atoms with Gasteiger partial charge in [-0.15, -0.1) is 0 Å². The van der Waals surface area contributed by atoms with Crippen molar-refractivity contribution in [1.29, 1.82) is 0 Å². The van der Waals surface area contributed by atoms with Gasteiger partial charge in [0, 0.05) is 25.3 Å². The molecule has 4 rings (SSSR count). The Balaban J connectivity index is 1.51. The molecule has 0 saturated carbocycles. The number of H-pyrrole nitrogens is 1. The van der Waals surface area contributed by atoms with Crippen molar-refractivity contribution in [1.82, 2.24) is 19.7 Å². The van der Waals surface area contributed by atoms with E-state index in [0.29, 0.717) is 23.5 Å². The largest absolute Gasteiger partial charge is 0.370 e. The number of aromatic amines is 1. The Labute approximate surface area is 158 Å². The second kappa shape index (κ2) is 6.72. The molecule has 1 aliphatic rings. The minimum atomic E-state index is -0.239. The van der Waals surface area contributed by atoms with Crippen LogP contribution in [0.15, 0.2) is 35.3 Å². The Morgan fingerprint density at radius 3 is 2.89 bits per heavy atom. The maximum Gasteiger partial charge on any atom is 0.263 e. The summed E-state index contributed by atoms with van der Waals surface area (Å²) in [6.45, 7) is 8.75. The average molecular weight is 366 g/mol. The SMILES string of the molecule is CC(C)(C)n1ncc2c(=O)[nH]c(NCCN3CCCc4ccccc43)nc21. The third-order valence-electron chi connectivity index (χ3n) is 4.95. The van der Waals surface area contributed by atoms with Crippen LogP contribution < -0.4 is 15.8 Å². The van der Waals surface area contributed by atoms with Gasteiger partial charge in [-0.2, -0.15) is 10.1 Å². The number of aromatic nitrogens is 4. The third-order valence-corrected chi connectivity index (χ3v) is 4.95. The zero-order chi connectivity index (χ0) is 19.0. The van der Waals surface area contributed by atoms with Crippen molar-refractivity contribution in [2.75, 3.05) is 29.9 Å². The van der Waals surface area contributed by atoms with Gasteiger partial charge in [0.2, 0.25) is 5.95 Å². The zero-order valence-electron chi connectivity index (χ0n) is 16.1. The highest BCUT2D eigenvalue weighted by molar-refractivity contribution is 5.74. The molecule has 0 amide bonds. The summed E-state index contributed by atoms with van der Waals surface area (Å²) in [6, 6.07) is 8.58. The number of hydrogen-bond donors (Lipinski definition) is 2. The van der Waals surface area contributed by atoms with Crippen LogP contribution in [0.5, 0.6) is 0 Å². The number of benzene rings is 1. The maximum atomic E-state index is 12.4. The Kier molecular flexibility index (Phi) is 4.37. The summed E-state index contributed by atoms with van der Waals surface area (Å²) in [4.78, 5) is 22.2. The van der Waals surface area contributed by atoms with E-state index in [0.717, 1.165) is 19.5 Å². The van der Waals surface area contributed by atoms with Crippen LogP contribution in [0.1, 0.15) is 32.8 Å². The van der Waals surface area contributed by atoms with Gasteiger partial charge < -0.3 is 10.2 Å². The second-order valence-corrected chi connectivity index (χ2v) is 8.03. The summed E-state index contributed by atoms with van der Waals surface area (Å²) in [5.41, 5.74) is 2.93. The van der Waals surface area contributed by atoms with E-state index >= 15 is 0 Å². The first kappa shape index (κ1) is 17.6. The van der Waals surface area contributed by atoms with Crippen molar-refractivity contribution in [3.63, 3.8) is 0 Å². The highest BCUT2D eigenvalue weighted by Gasteiger charge is 2.20. The van der Waals surface area contributed by atoms with Crippen molar-refractivity contribution < 1.29 is 0 Å². The Morgan fingerprint density at radius 2 is 2.07 bits per heavy atom. The van der Waals surface area contributed by atoms with Crippen LogP contribution in [0, 0.1) is 0 Å². The fraction of sp³-hybridized carbons (Fsp3) is 0.450. The predicted molar refractivity (Wildman–Crippen MR) is 109 cm³/mol. The Morgan fingerprint density at radius 1 is 1.26 bits per heavy atom. The lowest BCUT2D eigenvalue weighted by atomic mass is 10.0. The van der Waals surface area contributed by atoms with Crippen LogP contribution >= 0.6 is 0 Å². The van der Waals surface area contributed by atoms with Crippen molar-refractivity contribution >= 4 is 22.7 Å². The normalized spacial score (nSPS) is 14.4. The molecular weight excluding hydrogens is 340 g/mol. The molecule has 0 fully saturated rings. The first-order valence-electron chi connectivity index (χ1n) is 9.49. The van der Waals surface area contributed by atoms with E-state index in [-0.39, 0.29) is 11.1 Å². The van der Waals surface area contributed by atoms with Gasteiger partial charge in [-0.3, -0.25) is 9.78 Å². The highest BCUT2D eigenvalue weighted by Crippen LogP contribution is 2.26. The van der Waals surface area contributed by atoms with Crippen molar-refractivity contribution in [2.24, 2.45) is 0 Å². The average Bonchev–Trinajstić information content (AvgIpc) is 3.07. The van der Waals surface area contributed by atoms with Crippen molar-refractivity contribution in [3.05, 3.63) is 46.4 Å². The fourth-order valence-electron chi connectivity index (χ4n) is 3.65. The molecule has 0 saturated heterocycles. The molecule has 142 valence electrons. The Bertz CT molecular complexity index is 1010. The lowest BCUT2D eigenvalue weighted by molar-refractivity contribution is 0.366. The van der Waals surface area contributed by atoms with Gasteiger partial charge in [0.25, 0.3) is 5.56 Å². The van der Waals surface area contributed by atoms with Crippen LogP contribution in [0.3, 0.4) is 0 Å². The third kappa shape index (κ3) is 3.41. The van der Waals surface area contributed by atoms with Gasteiger partial charge >= 0.3 is 0 Å². The summed E-state index contributed by atoms with van der Waals surface area (Å²) < 4.78 is 1.80. The summed E-state index contributed by atoms with van der Waals surface area (Å²) >= 11 is 0. The maximum absolute atomic E-state index is 12.4. The van der Waals surface area contributed by atoms with Crippen LogP contribution in [0.25, 0.3) is 11.0 Å². The summed E-state index contributed by atoms with van der Waals surface area (Å²) in [6.07, 6.45) is 3.89. The van der Waals surface area contributed by atoms with Crippen molar-refractivity contribution in [2.45, 2.75) is 39.2 Å². The molecule has 27 heavy (non-hydrogen) atoms. The summed E-state index contributed by atoms with van der Waals surface area (Å²) in [5.74, 6) is 0.490. The van der Waals surface area contributed by atoms with Gasteiger partial charge in [-0.1, -0.05) is 18.2 Å². The minimum Gasteiger partial charge on any atom is -0.370 e. The number of rotatable bonds is 4. The molecule has 0 radical (unpaired) electrons. The molecule has 0 spiro atoms. The molecule has 2 aromatic heterocycles. The monoisotopic (exact) mass is 366 g/mol. The van der Waals surface area contributed by atoms with Gasteiger partial charge in [-0.25, -0.2) is 4.68 Å². The lowest BCUT2D eigenvalue weighted by Gasteiger charge is -2.31. The number of aryl methyl sites for hydroxylation is 1. The molecule has 7 nitrogen and oxygen atoms in total. The highest BCUT2D eigenvalue weighted by atomic mass is 16.1. The lowest BCUT2D eigenvalue weighted by Crippen LogP contribution is -2.34. The molecule has 0 bridgehead atoms. The van der Waals surface area contributed by atoms with Gasteiger partial charge in [0.1, 0.15) is 5.39 Å². The number of fused-ring (bicyclic) bond motifs is 2. The zero-order valence-corrected chi connectivity index (χ0v) is 16.1. The first-order valence-corrected chi connectivity index (χ1v) is 9.49. The molecule has 2 N–H and O–H groups in total. The fourth-order valence-corrected chi connectivity index (χ4v) is 3.65. The standard InChI is InChI=1S/C20H26N6O/c1-20(2,3)26-17-15(13-22-26)18(27)24-19(23-17)21-10-12-25-11-6-8-14-7-4-5-9-16(14)25/h4-5,7,9,13H,6,8,10-12H2,1-3H3,(H2,21,23,24,27). The van der Waals surface area contributed by atoms with Crippen LogP contribution in [-0.2, 0) is 12.0 Å². The molecule has 0 aliphatic carbocycles. The molecule has 0 unspecified atom stereocenters. The van der Waals surface area contributed by atoms with Gasteiger partial charge in [0.15, 0.2) is 5.65 Å². The van der Waals surface area contributed by atoms with E-state index in [1.165, 1.54) is 17.7 Å². The van der Waals surface area contributed by atoms with Crippen molar-refractivity contribution in [3.8, 4) is 0 Å². The number of hydrogen-bond acceptors (Lipinski definition) is 5. The number of para-hydroxylation sites is 1. The van der Waals surface area contributed by atoms with E-state index < -0.39 is 0 Å². The quantitative estimate of drug-likeness (QED) is 0.742. The molecule has 1 aliphatic heterocycles. The number of nitrogens with zero attached hydrogens (tertiary/aromatic N) is 4. The smallest absolute Gasteiger partial charge is 0.263 e. The van der Waals surface area contributed by atoms with Crippen LogP contribution in [0.4, 0.5) is 11.6 Å². The van der Waals surface area contributed by atoms with E-state index in [4.69, 9.17) is 0 Å². The minimum absolute atomic E-state index is 0.165. The van der Waals surface area contributed by atoms with E-state index in [9.17, 15) is 4.79 Å². The summed E-state index contributed by atoms with van der Waals surface area (Å²) in [5, 5.41) is 8.13. The van der Waals surface area contributed by atoms with Crippen LogP contribution in [0.2, 0.25) is 0 Å².